The SMILES string of the molecule is Cc1cc(N)cc(C)c1S(=O)(=O)N1CCC(C)CC1C. The molecule has 0 amide bonds. The molecule has 20 heavy (non-hydrogen) atoms. The van der Waals surface area contributed by atoms with Crippen LogP contribution in [0, 0.1) is 19.8 Å². The van der Waals surface area contributed by atoms with Crippen LogP contribution in [0.4, 0.5) is 5.69 Å². The third kappa shape index (κ3) is 2.69. The fourth-order valence-electron chi connectivity index (χ4n) is 3.25. The highest BCUT2D eigenvalue weighted by atomic mass is 32.2. The zero-order valence-electron chi connectivity index (χ0n) is 12.7. The molecule has 5 heteroatoms. The first kappa shape index (κ1) is 15.3. The van der Waals surface area contributed by atoms with E-state index in [0.717, 1.165) is 24.0 Å². The number of hydrogen-bond donors (Lipinski definition) is 1. The van der Waals surface area contributed by atoms with Crippen molar-refractivity contribution >= 4 is 15.7 Å². The molecule has 1 aromatic carbocycles. The molecule has 1 fully saturated rings. The lowest BCUT2D eigenvalue weighted by atomic mass is 9.95. The van der Waals surface area contributed by atoms with Gasteiger partial charge in [0.1, 0.15) is 0 Å². The summed E-state index contributed by atoms with van der Waals surface area (Å²) in [4.78, 5) is 0.424. The molecule has 2 N–H and O–H groups in total. The summed E-state index contributed by atoms with van der Waals surface area (Å²) >= 11 is 0. The van der Waals surface area contributed by atoms with Gasteiger partial charge in [0.25, 0.3) is 0 Å². The number of nitrogens with two attached hydrogens (primary N) is 1. The number of aryl methyl sites for hydroxylation is 2. The van der Waals surface area contributed by atoms with Crippen molar-refractivity contribution < 1.29 is 8.42 Å². The van der Waals surface area contributed by atoms with E-state index in [0.29, 0.717) is 23.0 Å². The molecule has 0 radical (unpaired) electrons. The van der Waals surface area contributed by atoms with Crippen LogP contribution in [0.3, 0.4) is 0 Å². The molecular weight excluding hydrogens is 272 g/mol. The molecule has 0 saturated carbocycles. The summed E-state index contributed by atoms with van der Waals surface area (Å²) in [6, 6.07) is 3.52. The third-order valence-corrected chi connectivity index (χ3v) is 6.45. The summed E-state index contributed by atoms with van der Waals surface area (Å²) in [6.45, 7) is 8.41. The van der Waals surface area contributed by atoms with Crippen LogP contribution in [0.2, 0.25) is 0 Å². The highest BCUT2D eigenvalue weighted by Gasteiger charge is 2.34. The lowest BCUT2D eigenvalue weighted by molar-refractivity contribution is 0.220. The molecule has 0 bridgehead atoms. The van der Waals surface area contributed by atoms with Crippen LogP contribution >= 0.6 is 0 Å². The maximum atomic E-state index is 12.9. The van der Waals surface area contributed by atoms with Crippen molar-refractivity contribution in [1.29, 1.82) is 0 Å². The topological polar surface area (TPSA) is 63.4 Å². The first-order valence-electron chi connectivity index (χ1n) is 7.12. The van der Waals surface area contributed by atoms with E-state index in [4.69, 9.17) is 5.73 Å². The molecule has 2 unspecified atom stereocenters. The molecule has 4 nitrogen and oxygen atoms in total. The Morgan fingerprint density at radius 1 is 1.20 bits per heavy atom. The molecule has 0 spiro atoms. The number of hydrogen-bond acceptors (Lipinski definition) is 3. The average Bonchev–Trinajstić information content (AvgIpc) is 2.25. The van der Waals surface area contributed by atoms with E-state index in [1.54, 1.807) is 16.4 Å². The minimum Gasteiger partial charge on any atom is -0.399 e. The largest absolute Gasteiger partial charge is 0.399 e. The number of sulfonamides is 1. The van der Waals surface area contributed by atoms with Gasteiger partial charge in [-0.05, 0) is 62.8 Å². The third-order valence-electron chi connectivity index (χ3n) is 4.13. The Morgan fingerprint density at radius 2 is 1.75 bits per heavy atom. The van der Waals surface area contributed by atoms with Gasteiger partial charge in [-0.15, -0.1) is 0 Å². The van der Waals surface area contributed by atoms with Gasteiger partial charge >= 0.3 is 0 Å². The van der Waals surface area contributed by atoms with E-state index in [1.165, 1.54) is 0 Å². The van der Waals surface area contributed by atoms with Crippen LogP contribution in [0.15, 0.2) is 17.0 Å². The fraction of sp³-hybridized carbons (Fsp3) is 0.600. The lowest BCUT2D eigenvalue weighted by Crippen LogP contribution is -2.44. The van der Waals surface area contributed by atoms with E-state index in [1.807, 2.05) is 20.8 Å². The maximum Gasteiger partial charge on any atom is 0.243 e. The summed E-state index contributed by atoms with van der Waals surface area (Å²) in [5.74, 6) is 0.588. The van der Waals surface area contributed by atoms with Gasteiger partial charge in [-0.1, -0.05) is 6.92 Å². The molecular formula is C15H24N2O2S. The molecule has 2 atom stereocenters. The number of anilines is 1. The number of piperidine rings is 1. The predicted octanol–water partition coefficient (Wildman–Crippen LogP) is 2.69. The van der Waals surface area contributed by atoms with Crippen molar-refractivity contribution in [2.75, 3.05) is 12.3 Å². The van der Waals surface area contributed by atoms with E-state index in [-0.39, 0.29) is 6.04 Å². The number of rotatable bonds is 2. The Bertz CT molecular complexity index is 587. The van der Waals surface area contributed by atoms with Crippen molar-refractivity contribution in [2.24, 2.45) is 5.92 Å². The van der Waals surface area contributed by atoms with Crippen LogP contribution < -0.4 is 5.73 Å². The average molecular weight is 296 g/mol. The molecule has 1 aliphatic heterocycles. The quantitative estimate of drug-likeness (QED) is 0.853. The molecule has 112 valence electrons. The molecule has 1 aromatic rings. The Morgan fingerprint density at radius 3 is 2.25 bits per heavy atom. The minimum absolute atomic E-state index is 0.0557. The van der Waals surface area contributed by atoms with Crippen molar-refractivity contribution in [2.45, 2.75) is 51.5 Å². The van der Waals surface area contributed by atoms with Gasteiger partial charge in [-0.3, -0.25) is 0 Å². The Labute approximate surface area is 122 Å². The number of benzene rings is 1. The van der Waals surface area contributed by atoms with Crippen LogP contribution in [-0.2, 0) is 10.0 Å². The standard InChI is InChI=1S/C15H24N2O2S/c1-10-5-6-17(13(4)7-10)20(18,19)15-11(2)8-14(16)9-12(15)3/h8-10,13H,5-7,16H2,1-4H3. The second kappa shape index (κ2) is 5.37. The summed E-state index contributed by atoms with van der Waals surface area (Å²) in [6.07, 6.45) is 1.85. The summed E-state index contributed by atoms with van der Waals surface area (Å²) in [5, 5.41) is 0. The lowest BCUT2D eigenvalue weighted by Gasteiger charge is -2.36. The van der Waals surface area contributed by atoms with Crippen molar-refractivity contribution in [1.82, 2.24) is 4.31 Å². The van der Waals surface area contributed by atoms with Gasteiger partial charge in [0, 0.05) is 18.3 Å². The predicted molar refractivity (Wildman–Crippen MR) is 82.1 cm³/mol. The van der Waals surface area contributed by atoms with Crippen LogP contribution in [0.5, 0.6) is 0 Å². The van der Waals surface area contributed by atoms with E-state index in [2.05, 4.69) is 6.92 Å². The summed E-state index contributed by atoms with van der Waals surface area (Å²) in [5.41, 5.74) is 7.86. The Hall–Kier alpha value is -1.07. The normalized spacial score (nSPS) is 24.8. The first-order valence-corrected chi connectivity index (χ1v) is 8.56. The maximum absolute atomic E-state index is 12.9. The van der Waals surface area contributed by atoms with Gasteiger partial charge in [0.05, 0.1) is 4.90 Å². The van der Waals surface area contributed by atoms with Gasteiger partial charge < -0.3 is 5.73 Å². The second-order valence-corrected chi connectivity index (χ2v) is 7.91. The zero-order chi connectivity index (χ0) is 15.1. The molecule has 1 heterocycles. The number of nitrogens with zero attached hydrogens (tertiary/aromatic N) is 1. The first-order chi connectivity index (χ1) is 9.23. The van der Waals surface area contributed by atoms with Gasteiger partial charge in [0.15, 0.2) is 0 Å². The molecule has 0 aromatic heterocycles. The van der Waals surface area contributed by atoms with Crippen LogP contribution in [0.25, 0.3) is 0 Å². The highest BCUT2D eigenvalue weighted by molar-refractivity contribution is 7.89. The Balaban J connectivity index is 2.46. The van der Waals surface area contributed by atoms with E-state index < -0.39 is 10.0 Å². The van der Waals surface area contributed by atoms with Crippen molar-refractivity contribution in [3.05, 3.63) is 23.3 Å². The van der Waals surface area contributed by atoms with Crippen molar-refractivity contribution in [3.8, 4) is 0 Å². The monoisotopic (exact) mass is 296 g/mol. The van der Waals surface area contributed by atoms with Crippen molar-refractivity contribution in [3.63, 3.8) is 0 Å². The molecule has 0 aliphatic carbocycles. The second-order valence-electron chi connectivity index (χ2n) is 6.08. The molecule has 1 aliphatic rings. The highest BCUT2D eigenvalue weighted by Crippen LogP contribution is 2.31. The fourth-order valence-corrected chi connectivity index (χ4v) is 5.32. The van der Waals surface area contributed by atoms with Gasteiger partial charge in [-0.25, -0.2) is 8.42 Å². The van der Waals surface area contributed by atoms with Crippen LogP contribution in [-0.4, -0.2) is 25.3 Å². The van der Waals surface area contributed by atoms with E-state index in [9.17, 15) is 8.42 Å². The number of nitrogen functional groups attached to an aromatic ring is 1. The molecule has 1 saturated heterocycles. The van der Waals surface area contributed by atoms with Gasteiger partial charge in [-0.2, -0.15) is 4.31 Å². The van der Waals surface area contributed by atoms with Gasteiger partial charge in [0.2, 0.25) is 10.0 Å². The van der Waals surface area contributed by atoms with E-state index >= 15 is 0 Å². The minimum atomic E-state index is -3.43. The summed E-state index contributed by atoms with van der Waals surface area (Å²) in [7, 11) is -3.43. The van der Waals surface area contributed by atoms with Crippen LogP contribution in [0.1, 0.15) is 37.8 Å². The Kier molecular flexibility index (Phi) is 4.12. The summed E-state index contributed by atoms with van der Waals surface area (Å²) < 4.78 is 27.5. The zero-order valence-corrected chi connectivity index (χ0v) is 13.5. The molecule has 2 rings (SSSR count). The smallest absolute Gasteiger partial charge is 0.243 e.